The molecule has 5 nitrogen and oxygen atoms in total. The predicted molar refractivity (Wildman–Crippen MR) is 60.7 cm³/mol. The van der Waals surface area contributed by atoms with E-state index in [4.69, 9.17) is 10.5 Å². The number of carbonyl (C=O) groups excluding carboxylic acids is 2. The van der Waals surface area contributed by atoms with Gasteiger partial charge in [0.25, 0.3) is 0 Å². The highest BCUT2D eigenvalue weighted by atomic mass is 16.5. The Morgan fingerprint density at radius 1 is 1.24 bits per heavy atom. The van der Waals surface area contributed by atoms with E-state index in [0.717, 1.165) is 11.1 Å². The summed E-state index contributed by atoms with van der Waals surface area (Å²) in [5, 5.41) is 0. The Hall–Kier alpha value is -1.88. The van der Waals surface area contributed by atoms with Gasteiger partial charge in [0, 0.05) is 13.1 Å². The zero-order valence-electron chi connectivity index (χ0n) is 9.39. The van der Waals surface area contributed by atoms with E-state index >= 15 is 0 Å². The van der Waals surface area contributed by atoms with Gasteiger partial charge in [-0.05, 0) is 11.1 Å². The van der Waals surface area contributed by atoms with E-state index in [9.17, 15) is 9.59 Å². The molecule has 1 aliphatic heterocycles. The predicted octanol–water partition coefficient (Wildman–Crippen LogP) is 0.0307. The number of rotatable bonds is 4. The van der Waals surface area contributed by atoms with Crippen molar-refractivity contribution in [3.8, 4) is 0 Å². The molecule has 0 atom stereocenters. The Morgan fingerprint density at radius 2 is 1.88 bits per heavy atom. The summed E-state index contributed by atoms with van der Waals surface area (Å²) in [7, 11) is 0. The second kappa shape index (κ2) is 4.97. The second-order valence-electron chi connectivity index (χ2n) is 4.03. The summed E-state index contributed by atoms with van der Waals surface area (Å²) in [5.74, 6) is -0.695. The molecule has 0 saturated heterocycles. The highest BCUT2D eigenvalue weighted by molar-refractivity contribution is 5.79. The molecule has 0 saturated carbocycles. The molecule has 0 fully saturated rings. The van der Waals surface area contributed by atoms with Crippen molar-refractivity contribution < 1.29 is 14.3 Å². The molecule has 17 heavy (non-hydrogen) atoms. The number of primary amides is 1. The van der Waals surface area contributed by atoms with Crippen molar-refractivity contribution in [3.05, 3.63) is 35.4 Å². The van der Waals surface area contributed by atoms with Gasteiger partial charge in [-0.15, -0.1) is 0 Å². The molecule has 1 heterocycles. The van der Waals surface area contributed by atoms with Crippen LogP contribution in [0.5, 0.6) is 0 Å². The van der Waals surface area contributed by atoms with Gasteiger partial charge in [-0.25, -0.2) is 0 Å². The molecular weight excluding hydrogens is 220 g/mol. The van der Waals surface area contributed by atoms with Gasteiger partial charge in [0.15, 0.2) is 0 Å². The van der Waals surface area contributed by atoms with E-state index < -0.39 is 5.91 Å². The maximum Gasteiger partial charge on any atom is 0.249 e. The highest BCUT2D eigenvalue weighted by Gasteiger charge is 2.18. The molecule has 2 N–H and O–H groups in total. The van der Waals surface area contributed by atoms with Crippen LogP contribution in [0.3, 0.4) is 0 Å². The van der Waals surface area contributed by atoms with Gasteiger partial charge < -0.3 is 15.4 Å². The monoisotopic (exact) mass is 234 g/mol. The summed E-state index contributed by atoms with van der Waals surface area (Å²) in [5.41, 5.74) is 7.13. The van der Waals surface area contributed by atoms with Crippen molar-refractivity contribution in [2.45, 2.75) is 13.1 Å². The summed E-state index contributed by atoms with van der Waals surface area (Å²) in [6.07, 6.45) is 0. The minimum atomic E-state index is -0.568. The first-order valence-corrected chi connectivity index (χ1v) is 5.37. The lowest BCUT2D eigenvalue weighted by Crippen LogP contribution is -2.35. The Labute approximate surface area is 99.2 Å². The highest BCUT2D eigenvalue weighted by Crippen LogP contribution is 2.17. The van der Waals surface area contributed by atoms with E-state index in [1.165, 1.54) is 0 Å². The first kappa shape index (κ1) is 11.6. The first-order chi connectivity index (χ1) is 8.15. The molecular formula is C12H14N2O3. The molecule has 0 aromatic heterocycles. The summed E-state index contributed by atoms with van der Waals surface area (Å²) in [6.45, 7) is 0.858. The average molecular weight is 234 g/mol. The summed E-state index contributed by atoms with van der Waals surface area (Å²) in [4.78, 5) is 23.9. The normalized spacial score (nSPS) is 13.5. The number of nitrogens with zero attached hydrogens (tertiary/aromatic N) is 1. The van der Waals surface area contributed by atoms with Crippen molar-refractivity contribution in [2.75, 3.05) is 13.2 Å². The number of amides is 2. The van der Waals surface area contributed by atoms with E-state index in [1.807, 2.05) is 18.2 Å². The average Bonchev–Trinajstić information content (AvgIpc) is 2.27. The molecule has 2 amide bonds. The largest absolute Gasteiger partial charge is 0.368 e. The van der Waals surface area contributed by atoms with Crippen LogP contribution in [0.2, 0.25) is 0 Å². The van der Waals surface area contributed by atoms with Crippen molar-refractivity contribution in [1.82, 2.24) is 4.90 Å². The van der Waals surface area contributed by atoms with Gasteiger partial charge >= 0.3 is 0 Å². The molecule has 1 aromatic rings. The van der Waals surface area contributed by atoms with Gasteiger partial charge in [-0.2, -0.15) is 0 Å². The van der Waals surface area contributed by atoms with E-state index in [-0.39, 0.29) is 19.1 Å². The van der Waals surface area contributed by atoms with Gasteiger partial charge in [-0.1, -0.05) is 24.3 Å². The lowest BCUT2D eigenvalue weighted by atomic mass is 10.1. The number of ether oxygens (including phenoxy) is 1. The van der Waals surface area contributed by atoms with Crippen LogP contribution in [-0.2, 0) is 27.4 Å². The standard InChI is InChI=1S/C12H14N2O3/c13-11(15)7-17-8-12(16)14-5-9-2-1-3-10(4-9)6-14/h1-4H,5-8H2,(H2,13,15). The fourth-order valence-corrected chi connectivity index (χ4v) is 1.83. The Morgan fingerprint density at radius 3 is 2.47 bits per heavy atom. The molecule has 5 heteroatoms. The molecule has 0 unspecified atom stereocenters. The van der Waals surface area contributed by atoms with Crippen molar-refractivity contribution in [3.63, 3.8) is 0 Å². The molecule has 0 aliphatic carbocycles. The zero-order valence-corrected chi connectivity index (χ0v) is 9.39. The van der Waals surface area contributed by atoms with Crippen molar-refractivity contribution >= 4 is 11.8 Å². The van der Waals surface area contributed by atoms with Crippen LogP contribution in [0.4, 0.5) is 0 Å². The second-order valence-corrected chi connectivity index (χ2v) is 4.03. The smallest absolute Gasteiger partial charge is 0.249 e. The summed E-state index contributed by atoms with van der Waals surface area (Å²) < 4.78 is 4.91. The molecule has 0 spiro atoms. The maximum atomic E-state index is 11.8. The van der Waals surface area contributed by atoms with Crippen LogP contribution >= 0.6 is 0 Å². The third kappa shape index (κ3) is 3.04. The van der Waals surface area contributed by atoms with Crippen LogP contribution in [0.15, 0.2) is 24.3 Å². The van der Waals surface area contributed by atoms with E-state index in [2.05, 4.69) is 6.07 Å². The SMILES string of the molecule is NC(=O)COCC(=O)N1Cc2cccc(c2)C1. The molecule has 1 aliphatic rings. The number of nitrogens with two attached hydrogens (primary N) is 1. The Kier molecular flexibility index (Phi) is 3.39. The number of fused-ring (bicyclic) bond motifs is 2. The zero-order chi connectivity index (χ0) is 12.3. The fourth-order valence-electron chi connectivity index (χ4n) is 1.83. The Bertz CT molecular complexity index is 424. The van der Waals surface area contributed by atoms with E-state index in [1.54, 1.807) is 4.90 Å². The van der Waals surface area contributed by atoms with Gasteiger partial charge in [0.1, 0.15) is 13.2 Å². The number of benzene rings is 1. The van der Waals surface area contributed by atoms with Gasteiger partial charge in [0.05, 0.1) is 0 Å². The quantitative estimate of drug-likeness (QED) is 0.798. The van der Waals surface area contributed by atoms with Crippen LogP contribution in [0, 0.1) is 0 Å². The van der Waals surface area contributed by atoms with Gasteiger partial charge in [-0.3, -0.25) is 9.59 Å². The minimum Gasteiger partial charge on any atom is -0.368 e. The van der Waals surface area contributed by atoms with Gasteiger partial charge in [0.2, 0.25) is 11.8 Å². The van der Waals surface area contributed by atoms with Crippen molar-refractivity contribution in [1.29, 1.82) is 0 Å². The van der Waals surface area contributed by atoms with Crippen LogP contribution < -0.4 is 5.73 Å². The molecule has 90 valence electrons. The third-order valence-electron chi connectivity index (χ3n) is 2.56. The molecule has 1 aromatic carbocycles. The number of carbonyl (C=O) groups is 2. The van der Waals surface area contributed by atoms with Crippen LogP contribution in [0.1, 0.15) is 11.1 Å². The lowest BCUT2D eigenvalue weighted by molar-refractivity contribution is -0.139. The maximum absolute atomic E-state index is 11.8. The number of hydrogen-bond acceptors (Lipinski definition) is 3. The van der Waals surface area contributed by atoms with Crippen molar-refractivity contribution in [2.24, 2.45) is 5.73 Å². The summed E-state index contributed by atoms with van der Waals surface area (Å²) in [6, 6.07) is 8.02. The topological polar surface area (TPSA) is 72.6 Å². The van der Waals surface area contributed by atoms with Crippen LogP contribution in [-0.4, -0.2) is 29.9 Å². The molecule has 2 rings (SSSR count). The lowest BCUT2D eigenvalue weighted by Gasteiger charge is -2.27. The third-order valence-corrected chi connectivity index (χ3v) is 2.56. The Balaban J connectivity index is 1.87. The fraction of sp³-hybridized carbons (Fsp3) is 0.333. The summed E-state index contributed by atoms with van der Waals surface area (Å²) >= 11 is 0. The van der Waals surface area contributed by atoms with E-state index in [0.29, 0.717) is 13.1 Å². The molecule has 0 radical (unpaired) electrons. The van der Waals surface area contributed by atoms with Crippen LogP contribution in [0.25, 0.3) is 0 Å². The minimum absolute atomic E-state index is 0.104. The number of hydrogen-bond donors (Lipinski definition) is 1. The first-order valence-electron chi connectivity index (χ1n) is 5.37. The molecule has 2 bridgehead atoms.